The first kappa shape index (κ1) is 22.4. The lowest BCUT2D eigenvalue weighted by Gasteiger charge is -2.37. The van der Waals surface area contributed by atoms with Crippen LogP contribution in [0.4, 0.5) is 0 Å². The monoisotopic (exact) mass is 487 g/mol. The normalized spacial score (nSPS) is 22.4. The van der Waals surface area contributed by atoms with E-state index in [2.05, 4.69) is 64.3 Å². The first-order valence-corrected chi connectivity index (χ1v) is 9.84. The van der Waals surface area contributed by atoms with Gasteiger partial charge in [0.05, 0.1) is 19.3 Å². The summed E-state index contributed by atoms with van der Waals surface area (Å²) in [4.78, 5) is 12.1. The number of rotatable bonds is 5. The summed E-state index contributed by atoms with van der Waals surface area (Å²) in [7, 11) is 2.15. The van der Waals surface area contributed by atoms with Gasteiger partial charge in [-0.25, -0.2) is 0 Å². The molecule has 27 heavy (non-hydrogen) atoms. The van der Waals surface area contributed by atoms with Crippen LogP contribution in [0.25, 0.3) is 0 Å². The molecule has 0 bridgehead atoms. The molecule has 0 aromatic heterocycles. The van der Waals surface area contributed by atoms with E-state index >= 15 is 0 Å². The molecule has 1 atom stereocenters. The second-order valence-electron chi connectivity index (χ2n) is 7.20. The number of guanidine groups is 1. The maximum atomic E-state index is 5.84. The van der Waals surface area contributed by atoms with E-state index in [0.29, 0.717) is 0 Å². The fourth-order valence-electron chi connectivity index (χ4n) is 3.55. The highest BCUT2D eigenvalue weighted by Gasteiger charge is 2.21. The van der Waals surface area contributed by atoms with Crippen molar-refractivity contribution in [2.24, 2.45) is 4.99 Å². The molecule has 2 heterocycles. The quantitative estimate of drug-likeness (QED) is 0.390. The molecule has 1 N–H and O–H groups in total. The molecule has 3 rings (SSSR count). The van der Waals surface area contributed by atoms with Crippen LogP contribution in [-0.4, -0.2) is 92.8 Å². The summed E-state index contributed by atoms with van der Waals surface area (Å²) in [5.74, 6) is 1.03. The average Bonchev–Trinajstić information content (AvgIpc) is 2.67. The van der Waals surface area contributed by atoms with Crippen LogP contribution < -0.4 is 5.32 Å². The standard InChI is InChI=1S/C20H33N5O.HI/c1-3-21-20(22-15-19-17-23(2)13-14-26-19)25-11-9-24(10-12-25)16-18-7-5-4-6-8-18;/h4-8,19H,3,9-17H2,1-2H3,(H,21,22);1H. The molecule has 2 aliphatic rings. The fourth-order valence-corrected chi connectivity index (χ4v) is 3.55. The Kier molecular flexibility index (Phi) is 9.81. The molecule has 0 aliphatic carbocycles. The lowest BCUT2D eigenvalue weighted by molar-refractivity contribution is -0.0137. The van der Waals surface area contributed by atoms with Crippen molar-refractivity contribution in [3.8, 4) is 0 Å². The highest BCUT2D eigenvalue weighted by atomic mass is 127. The summed E-state index contributed by atoms with van der Waals surface area (Å²) >= 11 is 0. The minimum Gasteiger partial charge on any atom is -0.374 e. The first-order valence-electron chi connectivity index (χ1n) is 9.84. The number of nitrogens with one attached hydrogen (secondary N) is 1. The smallest absolute Gasteiger partial charge is 0.194 e. The number of likely N-dealkylation sites (N-methyl/N-ethyl adjacent to an activating group) is 1. The van der Waals surface area contributed by atoms with E-state index in [4.69, 9.17) is 9.73 Å². The molecule has 0 radical (unpaired) electrons. The van der Waals surface area contributed by atoms with Crippen LogP contribution in [0, 0.1) is 0 Å². The summed E-state index contributed by atoms with van der Waals surface area (Å²) < 4.78 is 5.84. The minimum atomic E-state index is 0. The van der Waals surface area contributed by atoms with Gasteiger partial charge in [-0.2, -0.15) is 0 Å². The van der Waals surface area contributed by atoms with Gasteiger partial charge < -0.3 is 19.9 Å². The van der Waals surface area contributed by atoms with E-state index in [9.17, 15) is 0 Å². The number of ether oxygens (including phenoxy) is 1. The van der Waals surface area contributed by atoms with Gasteiger partial charge in [0.1, 0.15) is 0 Å². The van der Waals surface area contributed by atoms with Crippen molar-refractivity contribution in [2.45, 2.75) is 19.6 Å². The van der Waals surface area contributed by atoms with Gasteiger partial charge in [-0.1, -0.05) is 30.3 Å². The first-order chi connectivity index (χ1) is 12.7. The number of halogens is 1. The predicted octanol–water partition coefficient (Wildman–Crippen LogP) is 1.72. The van der Waals surface area contributed by atoms with Gasteiger partial charge in [-0.3, -0.25) is 9.89 Å². The van der Waals surface area contributed by atoms with Crippen LogP contribution >= 0.6 is 24.0 Å². The topological polar surface area (TPSA) is 43.3 Å². The lowest BCUT2D eigenvalue weighted by atomic mass is 10.2. The maximum absolute atomic E-state index is 5.84. The summed E-state index contributed by atoms with van der Waals surface area (Å²) in [6, 6.07) is 10.7. The molecule has 1 unspecified atom stereocenters. The van der Waals surface area contributed by atoms with E-state index < -0.39 is 0 Å². The van der Waals surface area contributed by atoms with Gasteiger partial charge in [-0.05, 0) is 19.5 Å². The summed E-state index contributed by atoms with van der Waals surface area (Å²) in [5, 5.41) is 3.46. The number of hydrogen-bond donors (Lipinski definition) is 1. The molecule has 1 aromatic rings. The molecule has 0 spiro atoms. The third kappa shape index (κ3) is 7.21. The van der Waals surface area contributed by atoms with Crippen molar-refractivity contribution < 1.29 is 4.74 Å². The van der Waals surface area contributed by atoms with Crippen molar-refractivity contribution >= 4 is 29.9 Å². The number of hydrogen-bond acceptors (Lipinski definition) is 4. The van der Waals surface area contributed by atoms with Crippen LogP contribution in [0.1, 0.15) is 12.5 Å². The molecular formula is C20H34IN5O. The third-order valence-electron chi connectivity index (χ3n) is 5.04. The highest BCUT2D eigenvalue weighted by molar-refractivity contribution is 14.0. The van der Waals surface area contributed by atoms with Crippen LogP contribution in [0.3, 0.4) is 0 Å². The number of morpholine rings is 1. The predicted molar refractivity (Wildman–Crippen MR) is 122 cm³/mol. The van der Waals surface area contributed by atoms with Crippen LogP contribution in [-0.2, 0) is 11.3 Å². The Hall–Kier alpha value is -0.900. The van der Waals surface area contributed by atoms with Crippen molar-refractivity contribution in [2.75, 3.05) is 66.0 Å². The summed E-state index contributed by atoms with van der Waals surface area (Å²) in [5.41, 5.74) is 1.39. The second kappa shape index (κ2) is 11.8. The fraction of sp³-hybridized carbons (Fsp3) is 0.650. The second-order valence-corrected chi connectivity index (χ2v) is 7.20. The van der Waals surface area contributed by atoms with Gasteiger partial charge >= 0.3 is 0 Å². The molecule has 2 saturated heterocycles. The number of aliphatic imine (C=N–C) groups is 1. The van der Waals surface area contributed by atoms with Crippen LogP contribution in [0.15, 0.2) is 35.3 Å². The van der Waals surface area contributed by atoms with Gasteiger partial charge in [-0.15, -0.1) is 24.0 Å². The molecule has 0 amide bonds. The van der Waals surface area contributed by atoms with Crippen molar-refractivity contribution in [1.82, 2.24) is 20.0 Å². The van der Waals surface area contributed by atoms with Gasteiger partial charge in [0.25, 0.3) is 0 Å². The zero-order chi connectivity index (χ0) is 18.2. The molecule has 1 aromatic carbocycles. The Morgan fingerprint density at radius 3 is 2.56 bits per heavy atom. The zero-order valence-electron chi connectivity index (χ0n) is 16.6. The van der Waals surface area contributed by atoms with Crippen molar-refractivity contribution in [1.29, 1.82) is 0 Å². The van der Waals surface area contributed by atoms with Crippen molar-refractivity contribution in [3.05, 3.63) is 35.9 Å². The van der Waals surface area contributed by atoms with Gasteiger partial charge in [0, 0.05) is 52.4 Å². The van der Waals surface area contributed by atoms with E-state index in [1.54, 1.807) is 0 Å². The SMILES string of the molecule is CCNC(=NCC1CN(C)CCO1)N1CCN(Cc2ccccc2)CC1.I. The Morgan fingerprint density at radius 2 is 1.89 bits per heavy atom. The Labute approximate surface area is 181 Å². The molecule has 0 saturated carbocycles. The molecule has 2 aliphatic heterocycles. The largest absolute Gasteiger partial charge is 0.374 e. The van der Waals surface area contributed by atoms with Gasteiger partial charge in [0.15, 0.2) is 5.96 Å². The molecule has 7 heteroatoms. The average molecular weight is 487 g/mol. The van der Waals surface area contributed by atoms with Gasteiger partial charge in [0.2, 0.25) is 0 Å². The Morgan fingerprint density at radius 1 is 1.15 bits per heavy atom. The van der Waals surface area contributed by atoms with E-state index in [1.807, 2.05) is 0 Å². The molecule has 6 nitrogen and oxygen atoms in total. The maximum Gasteiger partial charge on any atom is 0.194 e. The molecular weight excluding hydrogens is 453 g/mol. The van der Waals surface area contributed by atoms with Crippen molar-refractivity contribution in [3.63, 3.8) is 0 Å². The summed E-state index contributed by atoms with van der Waals surface area (Å²) in [6.07, 6.45) is 0.210. The lowest BCUT2D eigenvalue weighted by Crippen LogP contribution is -2.52. The Balaban J connectivity index is 0.00000261. The number of nitrogens with zero attached hydrogens (tertiary/aromatic N) is 4. The number of benzene rings is 1. The number of piperazine rings is 1. The Bertz CT molecular complexity index is 563. The van der Waals surface area contributed by atoms with Crippen LogP contribution in [0.5, 0.6) is 0 Å². The van der Waals surface area contributed by atoms with Crippen LogP contribution in [0.2, 0.25) is 0 Å². The highest BCUT2D eigenvalue weighted by Crippen LogP contribution is 2.09. The minimum absolute atomic E-state index is 0. The molecule has 152 valence electrons. The van der Waals surface area contributed by atoms with E-state index in [1.165, 1.54) is 5.56 Å². The third-order valence-corrected chi connectivity index (χ3v) is 5.04. The van der Waals surface area contributed by atoms with E-state index in [0.717, 1.165) is 71.5 Å². The molecule has 2 fully saturated rings. The zero-order valence-corrected chi connectivity index (χ0v) is 19.0. The summed E-state index contributed by atoms with van der Waals surface area (Å²) in [6.45, 7) is 11.8. The van der Waals surface area contributed by atoms with E-state index in [-0.39, 0.29) is 30.1 Å².